The van der Waals surface area contributed by atoms with E-state index in [0.717, 1.165) is 18.4 Å². The summed E-state index contributed by atoms with van der Waals surface area (Å²) in [6.45, 7) is 5.69. The molecule has 0 atom stereocenters. The standard InChI is InChI=1S/C6H12BrN/c1-3-5-8(2)6-4-7/h3H,1,4-6H2,2H3. The number of halogens is 1. The summed E-state index contributed by atoms with van der Waals surface area (Å²) in [4.78, 5) is 2.20. The number of rotatable bonds is 4. The molecular weight excluding hydrogens is 166 g/mol. The van der Waals surface area contributed by atoms with Crippen LogP contribution in [0.3, 0.4) is 0 Å². The average Bonchev–Trinajstić information content (AvgIpc) is 1.68. The molecule has 0 aromatic carbocycles. The maximum atomic E-state index is 3.63. The van der Waals surface area contributed by atoms with Crippen molar-refractivity contribution >= 4 is 15.9 Å². The minimum absolute atomic E-state index is 0.978. The smallest absolute Gasteiger partial charge is 0.0159 e. The van der Waals surface area contributed by atoms with Crippen LogP contribution in [0, 0.1) is 0 Å². The summed E-state index contributed by atoms with van der Waals surface area (Å²) in [5.74, 6) is 0. The Balaban J connectivity index is 3.03. The van der Waals surface area contributed by atoms with E-state index in [0.29, 0.717) is 0 Å². The molecule has 0 aliphatic heterocycles. The third-order valence-corrected chi connectivity index (χ3v) is 1.26. The van der Waals surface area contributed by atoms with Gasteiger partial charge in [-0.25, -0.2) is 0 Å². The molecule has 0 N–H and O–H groups in total. The Labute approximate surface area is 59.5 Å². The van der Waals surface area contributed by atoms with E-state index < -0.39 is 0 Å². The van der Waals surface area contributed by atoms with Crippen LogP contribution < -0.4 is 0 Å². The molecule has 0 aromatic rings. The molecule has 1 nitrogen and oxygen atoms in total. The maximum absolute atomic E-state index is 3.63. The van der Waals surface area contributed by atoms with Crippen molar-refractivity contribution in [2.24, 2.45) is 0 Å². The molecule has 0 amide bonds. The SMILES string of the molecule is C=CCN(C)CCBr. The Kier molecular flexibility index (Phi) is 5.44. The Hall–Kier alpha value is 0.180. The number of nitrogens with zero attached hydrogens (tertiary/aromatic N) is 1. The average molecular weight is 178 g/mol. The molecule has 48 valence electrons. The number of hydrogen-bond donors (Lipinski definition) is 0. The van der Waals surface area contributed by atoms with Gasteiger partial charge in [-0.2, -0.15) is 0 Å². The Morgan fingerprint density at radius 1 is 1.75 bits per heavy atom. The molecular formula is C6H12BrN. The van der Waals surface area contributed by atoms with Crippen molar-refractivity contribution in [2.45, 2.75) is 0 Å². The van der Waals surface area contributed by atoms with E-state index in [9.17, 15) is 0 Å². The Morgan fingerprint density at radius 2 is 2.38 bits per heavy atom. The van der Waals surface area contributed by atoms with Crippen LogP contribution in [0.2, 0.25) is 0 Å². The van der Waals surface area contributed by atoms with Gasteiger partial charge in [0.15, 0.2) is 0 Å². The second-order valence-electron chi connectivity index (χ2n) is 1.74. The van der Waals surface area contributed by atoms with Crippen molar-refractivity contribution in [2.75, 3.05) is 25.5 Å². The van der Waals surface area contributed by atoms with Crippen LogP contribution in [0.1, 0.15) is 0 Å². The van der Waals surface area contributed by atoms with Crippen LogP contribution >= 0.6 is 15.9 Å². The molecule has 0 aliphatic carbocycles. The minimum atomic E-state index is 0.978. The molecule has 0 aromatic heterocycles. The van der Waals surface area contributed by atoms with E-state index in [1.165, 1.54) is 0 Å². The predicted octanol–water partition coefficient (Wildman–Crippen LogP) is 1.50. The fourth-order valence-corrected chi connectivity index (χ4v) is 1.06. The molecule has 0 saturated carbocycles. The highest BCUT2D eigenvalue weighted by molar-refractivity contribution is 9.09. The summed E-state index contributed by atoms with van der Waals surface area (Å²) in [7, 11) is 2.07. The molecule has 2 heteroatoms. The van der Waals surface area contributed by atoms with Gasteiger partial charge in [-0.05, 0) is 7.05 Å². The van der Waals surface area contributed by atoms with Crippen molar-refractivity contribution < 1.29 is 0 Å². The lowest BCUT2D eigenvalue weighted by atomic mass is 10.5. The molecule has 0 saturated heterocycles. The molecule has 0 unspecified atom stereocenters. The highest BCUT2D eigenvalue weighted by Crippen LogP contribution is 1.85. The largest absolute Gasteiger partial charge is 0.302 e. The van der Waals surface area contributed by atoms with Gasteiger partial charge in [-0.1, -0.05) is 22.0 Å². The van der Waals surface area contributed by atoms with Crippen LogP contribution in [0.4, 0.5) is 0 Å². The van der Waals surface area contributed by atoms with Gasteiger partial charge in [0.05, 0.1) is 0 Å². The third kappa shape index (κ3) is 4.34. The van der Waals surface area contributed by atoms with Crippen LogP contribution in [0.15, 0.2) is 12.7 Å². The molecule has 0 rings (SSSR count). The fourth-order valence-electron chi connectivity index (χ4n) is 0.456. The summed E-state index contributed by atoms with van der Waals surface area (Å²) in [5, 5.41) is 1.04. The number of hydrogen-bond acceptors (Lipinski definition) is 1. The quantitative estimate of drug-likeness (QED) is 0.465. The summed E-state index contributed by atoms with van der Waals surface area (Å²) in [6, 6.07) is 0. The lowest BCUT2D eigenvalue weighted by molar-refractivity contribution is 0.397. The Morgan fingerprint density at radius 3 is 2.75 bits per heavy atom. The van der Waals surface area contributed by atoms with Crippen molar-refractivity contribution in [3.63, 3.8) is 0 Å². The van der Waals surface area contributed by atoms with Crippen LogP contribution in [-0.4, -0.2) is 30.4 Å². The second kappa shape index (κ2) is 5.32. The molecule has 0 radical (unpaired) electrons. The van der Waals surface area contributed by atoms with Crippen molar-refractivity contribution in [1.82, 2.24) is 4.90 Å². The fraction of sp³-hybridized carbons (Fsp3) is 0.667. The van der Waals surface area contributed by atoms with E-state index in [1.807, 2.05) is 6.08 Å². The summed E-state index contributed by atoms with van der Waals surface area (Å²) >= 11 is 3.34. The van der Waals surface area contributed by atoms with Gasteiger partial charge in [0, 0.05) is 18.4 Å². The highest BCUT2D eigenvalue weighted by atomic mass is 79.9. The van der Waals surface area contributed by atoms with E-state index in [2.05, 4.69) is 34.5 Å². The van der Waals surface area contributed by atoms with Gasteiger partial charge in [0.25, 0.3) is 0 Å². The molecule has 0 aliphatic rings. The predicted molar refractivity (Wildman–Crippen MR) is 41.5 cm³/mol. The molecule has 0 spiro atoms. The zero-order chi connectivity index (χ0) is 6.41. The van der Waals surface area contributed by atoms with Crippen LogP contribution in [0.25, 0.3) is 0 Å². The number of likely N-dealkylation sites (N-methyl/N-ethyl adjacent to an activating group) is 1. The van der Waals surface area contributed by atoms with Crippen molar-refractivity contribution in [3.8, 4) is 0 Å². The lowest BCUT2D eigenvalue weighted by Gasteiger charge is -2.10. The first-order chi connectivity index (χ1) is 3.81. The molecule has 0 heterocycles. The monoisotopic (exact) mass is 177 g/mol. The van der Waals surface area contributed by atoms with E-state index >= 15 is 0 Å². The highest BCUT2D eigenvalue weighted by Gasteiger charge is 1.89. The lowest BCUT2D eigenvalue weighted by Crippen LogP contribution is -2.19. The Bertz CT molecular complexity index is 63.5. The van der Waals surface area contributed by atoms with Crippen LogP contribution in [0.5, 0.6) is 0 Å². The van der Waals surface area contributed by atoms with Gasteiger partial charge < -0.3 is 4.90 Å². The summed E-state index contributed by atoms with van der Waals surface area (Å²) < 4.78 is 0. The zero-order valence-electron chi connectivity index (χ0n) is 5.23. The zero-order valence-corrected chi connectivity index (χ0v) is 6.82. The topological polar surface area (TPSA) is 3.24 Å². The number of alkyl halides is 1. The molecule has 0 fully saturated rings. The van der Waals surface area contributed by atoms with Gasteiger partial charge in [0.2, 0.25) is 0 Å². The molecule has 8 heavy (non-hydrogen) atoms. The van der Waals surface area contributed by atoms with Crippen molar-refractivity contribution in [3.05, 3.63) is 12.7 Å². The maximum Gasteiger partial charge on any atom is 0.0159 e. The van der Waals surface area contributed by atoms with Gasteiger partial charge in [-0.3, -0.25) is 0 Å². The van der Waals surface area contributed by atoms with Crippen LogP contribution in [-0.2, 0) is 0 Å². The first kappa shape index (κ1) is 8.18. The molecule has 0 bridgehead atoms. The normalized spacial score (nSPS) is 9.88. The van der Waals surface area contributed by atoms with E-state index in [4.69, 9.17) is 0 Å². The van der Waals surface area contributed by atoms with Gasteiger partial charge >= 0.3 is 0 Å². The summed E-state index contributed by atoms with van der Waals surface area (Å²) in [5.41, 5.74) is 0. The first-order valence-electron chi connectivity index (χ1n) is 2.66. The minimum Gasteiger partial charge on any atom is -0.302 e. The first-order valence-corrected chi connectivity index (χ1v) is 3.78. The second-order valence-corrected chi connectivity index (χ2v) is 2.53. The van der Waals surface area contributed by atoms with Gasteiger partial charge in [-0.15, -0.1) is 6.58 Å². The van der Waals surface area contributed by atoms with Gasteiger partial charge in [0.1, 0.15) is 0 Å². The van der Waals surface area contributed by atoms with Crippen molar-refractivity contribution in [1.29, 1.82) is 0 Å². The summed E-state index contributed by atoms with van der Waals surface area (Å²) in [6.07, 6.45) is 1.91. The van der Waals surface area contributed by atoms with E-state index in [-0.39, 0.29) is 0 Å². The third-order valence-electron chi connectivity index (χ3n) is 0.907. The van der Waals surface area contributed by atoms with E-state index in [1.54, 1.807) is 0 Å².